The van der Waals surface area contributed by atoms with Gasteiger partial charge in [0.1, 0.15) is 18.4 Å². The van der Waals surface area contributed by atoms with Gasteiger partial charge in [0, 0.05) is 12.6 Å². The maximum absolute atomic E-state index is 13.9. The topological polar surface area (TPSA) is 86.8 Å². The summed E-state index contributed by atoms with van der Waals surface area (Å²) in [5, 5.41) is 3.09. The van der Waals surface area contributed by atoms with E-state index in [1.165, 1.54) is 59.5 Å². The van der Waals surface area contributed by atoms with Crippen molar-refractivity contribution in [2.75, 3.05) is 10.8 Å². The molecule has 2 amide bonds. The maximum Gasteiger partial charge on any atom is 0.264 e. The smallest absolute Gasteiger partial charge is 0.264 e. The van der Waals surface area contributed by atoms with Gasteiger partial charge in [-0.2, -0.15) is 0 Å². The van der Waals surface area contributed by atoms with E-state index in [9.17, 15) is 22.4 Å². The fourth-order valence-corrected chi connectivity index (χ4v) is 6.57. The number of nitrogens with one attached hydrogen (secondary N) is 1. The molecule has 212 valence electrons. The number of sulfonamides is 1. The molecule has 7 nitrogen and oxygen atoms in total. The van der Waals surface area contributed by atoms with Gasteiger partial charge in [0.2, 0.25) is 11.8 Å². The zero-order valence-electron chi connectivity index (χ0n) is 21.9. The number of nitrogens with zero attached hydrogens (tertiary/aromatic N) is 2. The largest absolute Gasteiger partial charge is 0.352 e. The average molecular weight is 607 g/mol. The molecule has 0 aromatic heterocycles. The van der Waals surface area contributed by atoms with Gasteiger partial charge >= 0.3 is 0 Å². The van der Waals surface area contributed by atoms with Crippen molar-refractivity contribution in [2.45, 2.75) is 56.1 Å². The molecule has 3 aromatic carbocycles. The van der Waals surface area contributed by atoms with Crippen molar-refractivity contribution >= 4 is 50.7 Å². The van der Waals surface area contributed by atoms with E-state index in [2.05, 4.69) is 5.32 Å². The van der Waals surface area contributed by atoms with Crippen molar-refractivity contribution in [3.63, 3.8) is 0 Å². The molecule has 0 spiro atoms. The van der Waals surface area contributed by atoms with E-state index in [1.54, 1.807) is 25.1 Å². The van der Waals surface area contributed by atoms with Crippen LogP contribution in [0.3, 0.4) is 0 Å². The predicted octanol–water partition coefficient (Wildman–Crippen LogP) is 5.80. The highest BCUT2D eigenvalue weighted by Crippen LogP contribution is 2.35. The van der Waals surface area contributed by atoms with Crippen LogP contribution in [0.5, 0.6) is 0 Å². The van der Waals surface area contributed by atoms with Crippen LogP contribution in [0.2, 0.25) is 10.0 Å². The number of rotatable bonds is 10. The van der Waals surface area contributed by atoms with Crippen LogP contribution >= 0.6 is 23.2 Å². The SMILES string of the molecule is C[C@@H](C(=O)NC1CCCC1)N(Cc1ccc(F)cc1)C(=O)CN(c1cccc(Cl)c1Cl)S(=O)(=O)c1ccccc1. The molecule has 1 atom stereocenters. The Morgan fingerprint density at radius 1 is 0.975 bits per heavy atom. The van der Waals surface area contributed by atoms with Crippen LogP contribution in [0.25, 0.3) is 0 Å². The molecule has 1 fully saturated rings. The van der Waals surface area contributed by atoms with Crippen molar-refractivity contribution < 1.29 is 22.4 Å². The van der Waals surface area contributed by atoms with Crippen LogP contribution in [-0.2, 0) is 26.2 Å². The summed E-state index contributed by atoms with van der Waals surface area (Å²) >= 11 is 12.6. The molecule has 0 heterocycles. The highest BCUT2D eigenvalue weighted by Gasteiger charge is 2.34. The van der Waals surface area contributed by atoms with Gasteiger partial charge in [0.15, 0.2) is 0 Å². The van der Waals surface area contributed by atoms with E-state index in [4.69, 9.17) is 23.2 Å². The van der Waals surface area contributed by atoms with E-state index in [0.29, 0.717) is 5.56 Å². The molecule has 1 aliphatic carbocycles. The third kappa shape index (κ3) is 6.95. The molecule has 1 N–H and O–H groups in total. The van der Waals surface area contributed by atoms with Gasteiger partial charge in [-0.3, -0.25) is 13.9 Å². The quantitative estimate of drug-likeness (QED) is 0.316. The van der Waals surface area contributed by atoms with Crippen LogP contribution in [-0.4, -0.2) is 43.8 Å². The summed E-state index contributed by atoms with van der Waals surface area (Å²) in [4.78, 5) is 28.4. The van der Waals surface area contributed by atoms with E-state index >= 15 is 0 Å². The Labute approximate surface area is 243 Å². The number of carbonyl (C=O) groups excluding carboxylic acids is 2. The lowest BCUT2D eigenvalue weighted by molar-refractivity contribution is -0.139. The Morgan fingerprint density at radius 2 is 1.62 bits per heavy atom. The van der Waals surface area contributed by atoms with Crippen LogP contribution in [0.1, 0.15) is 38.2 Å². The molecule has 0 saturated heterocycles. The Kier molecular flexibility index (Phi) is 9.71. The predicted molar refractivity (Wildman–Crippen MR) is 154 cm³/mol. The van der Waals surface area contributed by atoms with Crippen LogP contribution in [0.15, 0.2) is 77.7 Å². The first-order chi connectivity index (χ1) is 19.1. The first kappa shape index (κ1) is 29.8. The second kappa shape index (κ2) is 13.0. The Morgan fingerprint density at radius 3 is 2.27 bits per heavy atom. The van der Waals surface area contributed by atoms with Gasteiger partial charge in [0.25, 0.3) is 10.0 Å². The summed E-state index contributed by atoms with van der Waals surface area (Å²) in [5.41, 5.74) is 0.602. The zero-order chi connectivity index (χ0) is 28.9. The zero-order valence-corrected chi connectivity index (χ0v) is 24.2. The minimum atomic E-state index is -4.27. The monoisotopic (exact) mass is 605 g/mol. The maximum atomic E-state index is 13.9. The van der Waals surface area contributed by atoms with E-state index in [-0.39, 0.29) is 39.1 Å². The molecule has 4 rings (SSSR count). The number of halogens is 3. The standard InChI is InChI=1S/C29H30Cl2FN3O4S/c1-20(29(37)33-23-8-5-6-9-23)34(18-21-14-16-22(32)17-15-21)27(36)19-35(26-13-7-12-25(30)28(26)31)40(38,39)24-10-3-2-4-11-24/h2-4,7,10-17,20,23H,5-6,8-9,18-19H2,1H3,(H,33,37)/t20-/m0/s1. The first-order valence-corrected chi connectivity index (χ1v) is 15.1. The molecular weight excluding hydrogens is 576 g/mol. The van der Waals surface area contributed by atoms with Gasteiger partial charge in [-0.05, 0) is 61.7 Å². The van der Waals surface area contributed by atoms with Crippen molar-refractivity contribution in [3.05, 3.63) is 94.2 Å². The summed E-state index contributed by atoms with van der Waals surface area (Å²) < 4.78 is 42.1. The van der Waals surface area contributed by atoms with Crippen LogP contribution < -0.4 is 9.62 Å². The lowest BCUT2D eigenvalue weighted by atomic mass is 10.1. The van der Waals surface area contributed by atoms with Crippen molar-refractivity contribution in [2.24, 2.45) is 0 Å². The van der Waals surface area contributed by atoms with E-state index in [1.807, 2.05) is 0 Å². The Balaban J connectivity index is 1.70. The summed E-state index contributed by atoms with van der Waals surface area (Å²) in [7, 11) is -4.27. The second-order valence-electron chi connectivity index (χ2n) is 9.71. The molecule has 0 aliphatic heterocycles. The third-order valence-electron chi connectivity index (χ3n) is 6.95. The van der Waals surface area contributed by atoms with Gasteiger partial charge in [-0.15, -0.1) is 0 Å². The molecule has 0 unspecified atom stereocenters. The van der Waals surface area contributed by atoms with Crippen molar-refractivity contribution in [3.8, 4) is 0 Å². The summed E-state index contributed by atoms with van der Waals surface area (Å²) in [5.74, 6) is -1.43. The average Bonchev–Trinajstić information content (AvgIpc) is 3.46. The second-order valence-corrected chi connectivity index (χ2v) is 12.4. The molecule has 3 aromatic rings. The van der Waals surface area contributed by atoms with E-state index < -0.39 is 34.3 Å². The summed E-state index contributed by atoms with van der Waals surface area (Å²) in [6.07, 6.45) is 3.76. The minimum Gasteiger partial charge on any atom is -0.352 e. The van der Waals surface area contributed by atoms with Crippen molar-refractivity contribution in [1.29, 1.82) is 0 Å². The van der Waals surface area contributed by atoms with Gasteiger partial charge < -0.3 is 10.2 Å². The lowest BCUT2D eigenvalue weighted by Crippen LogP contribution is -2.52. The fourth-order valence-electron chi connectivity index (χ4n) is 4.68. The van der Waals surface area contributed by atoms with Gasteiger partial charge in [0.05, 0.1) is 20.6 Å². The number of hydrogen-bond donors (Lipinski definition) is 1. The lowest BCUT2D eigenvalue weighted by Gasteiger charge is -2.32. The summed E-state index contributed by atoms with van der Waals surface area (Å²) in [6, 6.07) is 16.8. The third-order valence-corrected chi connectivity index (χ3v) is 9.53. The van der Waals surface area contributed by atoms with Gasteiger partial charge in [-0.1, -0.05) is 72.4 Å². The number of carbonyl (C=O) groups is 2. The number of anilines is 1. The molecule has 1 aliphatic rings. The molecule has 1 saturated carbocycles. The first-order valence-electron chi connectivity index (χ1n) is 12.9. The summed E-state index contributed by atoms with van der Waals surface area (Å²) in [6.45, 7) is 0.897. The molecular formula is C29H30Cl2FN3O4S. The molecule has 0 radical (unpaired) electrons. The van der Waals surface area contributed by atoms with Crippen LogP contribution in [0.4, 0.5) is 10.1 Å². The Hall–Kier alpha value is -3.14. The van der Waals surface area contributed by atoms with Crippen LogP contribution in [0, 0.1) is 5.82 Å². The Bertz CT molecular complexity index is 1450. The number of amides is 2. The minimum absolute atomic E-state index is 0.0242. The highest BCUT2D eigenvalue weighted by atomic mass is 35.5. The van der Waals surface area contributed by atoms with E-state index in [0.717, 1.165) is 30.0 Å². The van der Waals surface area contributed by atoms with Gasteiger partial charge in [-0.25, -0.2) is 12.8 Å². The fraction of sp³-hybridized carbons (Fsp3) is 0.310. The number of benzene rings is 3. The normalized spacial score (nSPS) is 14.5. The molecule has 40 heavy (non-hydrogen) atoms. The number of hydrogen-bond acceptors (Lipinski definition) is 4. The molecule has 11 heteroatoms. The highest BCUT2D eigenvalue weighted by molar-refractivity contribution is 7.92. The molecule has 0 bridgehead atoms. The van der Waals surface area contributed by atoms with Crippen molar-refractivity contribution in [1.82, 2.24) is 10.2 Å².